The van der Waals surface area contributed by atoms with Crippen LogP contribution >= 0.6 is 11.8 Å². The van der Waals surface area contributed by atoms with E-state index in [-0.39, 0.29) is 16.9 Å². The zero-order valence-corrected chi connectivity index (χ0v) is 25.5. The number of aryl methyl sites for hydroxylation is 1. The van der Waals surface area contributed by atoms with Gasteiger partial charge in [0.1, 0.15) is 11.4 Å². The van der Waals surface area contributed by atoms with E-state index >= 15 is 0 Å². The quantitative estimate of drug-likeness (QED) is 0.126. The van der Waals surface area contributed by atoms with Gasteiger partial charge >= 0.3 is 0 Å². The number of rotatable bonds is 11. The van der Waals surface area contributed by atoms with Crippen LogP contribution in [0, 0.1) is 13.8 Å². The highest BCUT2D eigenvalue weighted by Gasteiger charge is 2.18. The van der Waals surface area contributed by atoms with Gasteiger partial charge in [0.15, 0.2) is 0 Å². The van der Waals surface area contributed by atoms with Gasteiger partial charge in [-0.1, -0.05) is 48.5 Å². The van der Waals surface area contributed by atoms with Crippen molar-refractivity contribution in [2.24, 2.45) is 0 Å². The van der Waals surface area contributed by atoms with E-state index in [2.05, 4.69) is 16.0 Å². The zero-order valence-electron chi connectivity index (χ0n) is 24.6. The molecule has 1 unspecified atom stereocenters. The van der Waals surface area contributed by atoms with Gasteiger partial charge in [-0.3, -0.25) is 14.4 Å². The predicted octanol–water partition coefficient (Wildman–Crippen LogP) is 7.23. The normalized spacial score (nSPS) is 11.8. The standard InChI is InChI=1S/C35H35N3O4S/c1-5-42-32-17-10-9-15-27(32)22-31(38-34(40)26-13-7-6-8-14-26)35(41)36-28-18-20-29(21-19-28)43-25(4)33(39)37-30-16-11-12-23(2)24(30)3/h6-22,25H,5H2,1-4H3,(H,36,41)(H,37,39)(H,38,40)/b31-22-. The maximum Gasteiger partial charge on any atom is 0.272 e. The lowest BCUT2D eigenvalue weighted by Crippen LogP contribution is -2.30. The molecule has 4 aromatic carbocycles. The third-order valence-electron chi connectivity index (χ3n) is 6.70. The summed E-state index contributed by atoms with van der Waals surface area (Å²) in [5.41, 5.74) is 4.66. The SMILES string of the molecule is CCOc1ccccc1/C=C(\NC(=O)c1ccccc1)C(=O)Nc1ccc(SC(C)C(=O)Nc2cccc(C)c2C)cc1. The molecule has 0 radical (unpaired) electrons. The van der Waals surface area contributed by atoms with Crippen LogP contribution in [0.25, 0.3) is 6.08 Å². The molecular formula is C35H35N3O4S. The Morgan fingerprint density at radius 1 is 0.837 bits per heavy atom. The minimum atomic E-state index is -0.489. The number of amides is 3. The molecule has 220 valence electrons. The van der Waals surface area contributed by atoms with Crippen molar-refractivity contribution in [1.82, 2.24) is 5.32 Å². The molecule has 3 amide bonds. The van der Waals surface area contributed by atoms with Crippen molar-refractivity contribution in [2.75, 3.05) is 17.2 Å². The van der Waals surface area contributed by atoms with E-state index in [1.807, 2.05) is 88.4 Å². The largest absolute Gasteiger partial charge is 0.493 e. The molecule has 0 saturated carbocycles. The van der Waals surface area contributed by atoms with E-state index in [0.29, 0.717) is 29.2 Å². The van der Waals surface area contributed by atoms with Crippen molar-refractivity contribution in [3.05, 3.63) is 125 Å². The van der Waals surface area contributed by atoms with Crippen molar-refractivity contribution in [1.29, 1.82) is 0 Å². The summed E-state index contributed by atoms with van der Waals surface area (Å²) in [6.07, 6.45) is 1.60. The minimum absolute atomic E-state index is 0.0659. The molecule has 0 aromatic heterocycles. The van der Waals surface area contributed by atoms with Crippen LogP contribution in [0.2, 0.25) is 0 Å². The maximum atomic E-state index is 13.4. The second-order valence-corrected chi connectivity index (χ2v) is 11.2. The second kappa shape index (κ2) is 14.9. The summed E-state index contributed by atoms with van der Waals surface area (Å²) in [5.74, 6) is -0.387. The molecular weight excluding hydrogens is 558 g/mol. The van der Waals surface area contributed by atoms with Crippen LogP contribution in [0.15, 0.2) is 108 Å². The first-order valence-electron chi connectivity index (χ1n) is 14.0. The van der Waals surface area contributed by atoms with Crippen molar-refractivity contribution in [3.63, 3.8) is 0 Å². The van der Waals surface area contributed by atoms with E-state index in [0.717, 1.165) is 21.7 Å². The van der Waals surface area contributed by atoms with Gasteiger partial charge in [0.05, 0.1) is 11.9 Å². The number of ether oxygens (including phenoxy) is 1. The first-order chi connectivity index (χ1) is 20.7. The number of benzene rings is 4. The van der Waals surface area contributed by atoms with Gasteiger partial charge in [-0.15, -0.1) is 11.8 Å². The summed E-state index contributed by atoms with van der Waals surface area (Å²) in [6.45, 7) is 8.19. The van der Waals surface area contributed by atoms with E-state index < -0.39 is 11.8 Å². The van der Waals surface area contributed by atoms with Crippen LogP contribution in [0.4, 0.5) is 11.4 Å². The summed E-state index contributed by atoms with van der Waals surface area (Å²) in [4.78, 5) is 40.1. The maximum absolute atomic E-state index is 13.4. The Labute approximate surface area is 256 Å². The Bertz CT molecular complexity index is 1620. The summed E-state index contributed by atoms with van der Waals surface area (Å²) in [5, 5.41) is 8.30. The molecule has 0 aliphatic carbocycles. The third kappa shape index (κ3) is 8.59. The lowest BCUT2D eigenvalue weighted by Gasteiger charge is -2.15. The highest BCUT2D eigenvalue weighted by molar-refractivity contribution is 8.00. The average Bonchev–Trinajstić information content (AvgIpc) is 3.01. The fourth-order valence-corrected chi connectivity index (χ4v) is 5.05. The predicted molar refractivity (Wildman–Crippen MR) is 174 cm³/mol. The Morgan fingerprint density at radius 3 is 2.26 bits per heavy atom. The Balaban J connectivity index is 1.47. The minimum Gasteiger partial charge on any atom is -0.493 e. The summed E-state index contributed by atoms with van der Waals surface area (Å²) >= 11 is 1.42. The average molecular weight is 594 g/mol. The highest BCUT2D eigenvalue weighted by atomic mass is 32.2. The number of hydrogen-bond donors (Lipinski definition) is 3. The molecule has 3 N–H and O–H groups in total. The molecule has 0 aliphatic rings. The Morgan fingerprint density at radius 2 is 1.53 bits per heavy atom. The van der Waals surface area contributed by atoms with Crippen LogP contribution in [0.3, 0.4) is 0 Å². The number of thioether (sulfide) groups is 1. The number of carbonyl (C=O) groups excluding carboxylic acids is 3. The molecule has 0 saturated heterocycles. The number of anilines is 2. The lowest BCUT2D eigenvalue weighted by molar-refractivity contribution is -0.115. The van der Waals surface area contributed by atoms with E-state index in [9.17, 15) is 14.4 Å². The van der Waals surface area contributed by atoms with E-state index in [1.165, 1.54) is 11.8 Å². The zero-order chi connectivity index (χ0) is 30.8. The topological polar surface area (TPSA) is 96.5 Å². The molecule has 0 aliphatic heterocycles. The monoisotopic (exact) mass is 593 g/mol. The fourth-order valence-electron chi connectivity index (χ4n) is 4.18. The van der Waals surface area contributed by atoms with Crippen LogP contribution in [-0.2, 0) is 9.59 Å². The van der Waals surface area contributed by atoms with Gasteiger partial charge in [0.2, 0.25) is 5.91 Å². The van der Waals surface area contributed by atoms with Crippen molar-refractivity contribution < 1.29 is 19.1 Å². The first-order valence-corrected chi connectivity index (χ1v) is 14.9. The molecule has 8 heteroatoms. The van der Waals surface area contributed by atoms with Gasteiger partial charge in [0.25, 0.3) is 11.8 Å². The molecule has 0 fully saturated rings. The molecule has 1 atom stereocenters. The van der Waals surface area contributed by atoms with Crippen molar-refractivity contribution in [2.45, 2.75) is 37.8 Å². The highest BCUT2D eigenvalue weighted by Crippen LogP contribution is 2.27. The Hall–Kier alpha value is -4.82. The Kier molecular flexibility index (Phi) is 10.8. The smallest absolute Gasteiger partial charge is 0.272 e. The van der Waals surface area contributed by atoms with Crippen molar-refractivity contribution in [3.8, 4) is 5.75 Å². The summed E-state index contributed by atoms with van der Waals surface area (Å²) < 4.78 is 5.71. The van der Waals surface area contributed by atoms with Gasteiger partial charge in [-0.05, 0) is 93.4 Å². The van der Waals surface area contributed by atoms with Crippen LogP contribution in [0.5, 0.6) is 5.75 Å². The lowest BCUT2D eigenvalue weighted by atomic mass is 10.1. The number of hydrogen-bond acceptors (Lipinski definition) is 5. The number of carbonyl (C=O) groups is 3. The van der Waals surface area contributed by atoms with Gasteiger partial charge in [0, 0.05) is 27.4 Å². The molecule has 43 heavy (non-hydrogen) atoms. The van der Waals surface area contributed by atoms with Crippen LogP contribution in [0.1, 0.15) is 40.9 Å². The molecule has 0 bridgehead atoms. The molecule has 4 rings (SSSR count). The van der Waals surface area contributed by atoms with Crippen molar-refractivity contribution >= 4 is 46.9 Å². The molecule has 0 heterocycles. The molecule has 4 aromatic rings. The van der Waals surface area contributed by atoms with Gasteiger partial charge in [-0.2, -0.15) is 0 Å². The van der Waals surface area contributed by atoms with Crippen LogP contribution < -0.4 is 20.7 Å². The second-order valence-electron chi connectivity index (χ2n) is 9.82. The van der Waals surface area contributed by atoms with Gasteiger partial charge in [-0.25, -0.2) is 0 Å². The third-order valence-corrected chi connectivity index (χ3v) is 7.82. The fraction of sp³-hybridized carbons (Fsp3) is 0.171. The number of nitrogens with one attached hydrogen (secondary N) is 3. The summed E-state index contributed by atoms with van der Waals surface area (Å²) in [7, 11) is 0. The van der Waals surface area contributed by atoms with Gasteiger partial charge < -0.3 is 20.7 Å². The van der Waals surface area contributed by atoms with E-state index in [4.69, 9.17) is 4.74 Å². The van der Waals surface area contributed by atoms with Crippen LogP contribution in [-0.4, -0.2) is 29.6 Å². The van der Waals surface area contributed by atoms with E-state index in [1.54, 1.807) is 42.5 Å². The molecule has 7 nitrogen and oxygen atoms in total. The number of para-hydroxylation sites is 1. The molecule has 0 spiro atoms. The first kappa shape index (κ1) is 31.1. The summed E-state index contributed by atoms with van der Waals surface area (Å²) in [6, 6.07) is 29.1.